The smallest absolute Gasteiger partial charge is 0.423 e. The molecule has 0 aliphatic heterocycles. The monoisotopic (exact) mass is 374 g/mol. The summed E-state index contributed by atoms with van der Waals surface area (Å²) in [5.74, 6) is 0. The van der Waals surface area contributed by atoms with Crippen LogP contribution in [0.15, 0.2) is 103 Å². The van der Waals surface area contributed by atoms with Gasteiger partial charge in [0.15, 0.2) is 0 Å². The fourth-order valence-electron chi connectivity index (χ4n) is 4.24. The maximum atomic E-state index is 10.3. The summed E-state index contributed by atoms with van der Waals surface area (Å²) in [5.41, 5.74) is 4.87. The Bertz CT molecular complexity index is 1330. The molecule has 2 nitrogen and oxygen atoms in total. The third-order valence-electron chi connectivity index (χ3n) is 5.49. The van der Waals surface area contributed by atoms with Gasteiger partial charge in [0.05, 0.1) is 0 Å². The first-order valence-electron chi connectivity index (χ1n) is 9.69. The van der Waals surface area contributed by atoms with Gasteiger partial charge in [-0.1, -0.05) is 97.1 Å². The first kappa shape index (κ1) is 17.7. The molecule has 0 aromatic heterocycles. The van der Waals surface area contributed by atoms with Crippen LogP contribution in [0.25, 0.3) is 43.8 Å². The Balaban J connectivity index is 1.90. The van der Waals surface area contributed by atoms with Crippen LogP contribution in [0.4, 0.5) is 0 Å². The van der Waals surface area contributed by atoms with E-state index in [1.165, 1.54) is 0 Å². The number of fused-ring (bicyclic) bond motifs is 2. The Labute approximate surface area is 169 Å². The van der Waals surface area contributed by atoms with Crippen molar-refractivity contribution in [3.63, 3.8) is 0 Å². The van der Waals surface area contributed by atoms with E-state index in [2.05, 4.69) is 36.4 Å². The van der Waals surface area contributed by atoms with Crippen LogP contribution in [0.2, 0.25) is 0 Å². The molecule has 0 saturated heterocycles. The second-order valence-electron chi connectivity index (χ2n) is 7.20. The van der Waals surface area contributed by atoms with Gasteiger partial charge in [-0.3, -0.25) is 0 Å². The molecule has 5 aromatic carbocycles. The molecule has 0 unspecified atom stereocenters. The summed E-state index contributed by atoms with van der Waals surface area (Å²) < 4.78 is 0. The minimum Gasteiger partial charge on any atom is -0.423 e. The molecule has 0 heterocycles. The van der Waals surface area contributed by atoms with Crippen molar-refractivity contribution in [1.82, 2.24) is 0 Å². The Kier molecular flexibility index (Phi) is 4.40. The lowest BCUT2D eigenvalue weighted by molar-refractivity contribution is 0.426. The Morgan fingerprint density at radius 3 is 1.93 bits per heavy atom. The van der Waals surface area contributed by atoms with Gasteiger partial charge in [-0.2, -0.15) is 0 Å². The number of rotatable bonds is 3. The quantitative estimate of drug-likeness (QED) is 0.344. The molecule has 0 saturated carbocycles. The van der Waals surface area contributed by atoms with Gasteiger partial charge in [-0.25, -0.2) is 0 Å². The Hall–Kier alpha value is -3.40. The third kappa shape index (κ3) is 3.01. The summed E-state index contributed by atoms with van der Waals surface area (Å²) in [6, 6.07) is 34.6. The predicted octanol–water partition coefficient (Wildman–Crippen LogP) is 5.01. The van der Waals surface area contributed by atoms with Crippen molar-refractivity contribution in [2.24, 2.45) is 0 Å². The van der Waals surface area contributed by atoms with E-state index in [0.717, 1.165) is 43.8 Å². The van der Waals surface area contributed by atoms with Crippen molar-refractivity contribution in [3.8, 4) is 22.3 Å². The molecule has 0 aliphatic carbocycles. The van der Waals surface area contributed by atoms with E-state index in [4.69, 9.17) is 0 Å². The largest absolute Gasteiger partial charge is 0.489 e. The second-order valence-corrected chi connectivity index (χ2v) is 7.20. The molecule has 0 aliphatic rings. The summed E-state index contributed by atoms with van der Waals surface area (Å²) in [6.07, 6.45) is 0. The standard InChI is InChI=1S/C26H19BO2/c28-27(29)26-22-14-5-4-11-19(22)17-20-12-8-16-24(25(20)26)23-15-7-6-13-21(23)18-9-2-1-3-10-18/h1-17,28-29H. The Morgan fingerprint density at radius 1 is 0.517 bits per heavy atom. The molecule has 0 radical (unpaired) electrons. The van der Waals surface area contributed by atoms with Gasteiger partial charge in [-0.15, -0.1) is 0 Å². The average molecular weight is 374 g/mol. The first-order chi connectivity index (χ1) is 14.2. The summed E-state index contributed by atoms with van der Waals surface area (Å²) in [5, 5.41) is 24.4. The van der Waals surface area contributed by atoms with E-state index < -0.39 is 7.12 Å². The van der Waals surface area contributed by atoms with Crippen LogP contribution in [0.3, 0.4) is 0 Å². The third-order valence-corrected chi connectivity index (χ3v) is 5.49. The zero-order valence-corrected chi connectivity index (χ0v) is 15.8. The van der Waals surface area contributed by atoms with Crippen LogP contribution < -0.4 is 5.46 Å². The molecular formula is C26H19BO2. The van der Waals surface area contributed by atoms with E-state index in [9.17, 15) is 10.0 Å². The minimum absolute atomic E-state index is 0.552. The van der Waals surface area contributed by atoms with Gasteiger partial charge < -0.3 is 10.0 Å². The topological polar surface area (TPSA) is 40.5 Å². The molecule has 138 valence electrons. The lowest BCUT2D eigenvalue weighted by Crippen LogP contribution is -2.31. The molecule has 0 atom stereocenters. The zero-order chi connectivity index (χ0) is 19.8. The van der Waals surface area contributed by atoms with E-state index in [1.807, 2.05) is 66.7 Å². The maximum absolute atomic E-state index is 10.3. The van der Waals surface area contributed by atoms with Gasteiger partial charge in [-0.05, 0) is 55.3 Å². The molecule has 0 fully saturated rings. The molecule has 5 aromatic rings. The highest BCUT2D eigenvalue weighted by molar-refractivity contribution is 6.66. The maximum Gasteiger partial charge on any atom is 0.489 e. The summed E-state index contributed by atoms with van der Waals surface area (Å²) in [4.78, 5) is 0. The lowest BCUT2D eigenvalue weighted by atomic mass is 9.72. The van der Waals surface area contributed by atoms with E-state index in [-0.39, 0.29) is 0 Å². The normalized spacial score (nSPS) is 11.1. The molecular weight excluding hydrogens is 355 g/mol. The van der Waals surface area contributed by atoms with Crippen LogP contribution >= 0.6 is 0 Å². The van der Waals surface area contributed by atoms with Gasteiger partial charge in [0.1, 0.15) is 0 Å². The summed E-state index contributed by atoms with van der Waals surface area (Å²) in [6.45, 7) is 0. The molecule has 3 heteroatoms. The van der Waals surface area contributed by atoms with Crippen LogP contribution in [-0.2, 0) is 0 Å². The van der Waals surface area contributed by atoms with Crippen molar-refractivity contribution < 1.29 is 10.0 Å². The van der Waals surface area contributed by atoms with Crippen molar-refractivity contribution in [2.75, 3.05) is 0 Å². The molecule has 0 spiro atoms. The molecule has 0 bridgehead atoms. The van der Waals surface area contributed by atoms with Crippen molar-refractivity contribution in [1.29, 1.82) is 0 Å². The fourth-order valence-corrected chi connectivity index (χ4v) is 4.24. The number of hydrogen-bond donors (Lipinski definition) is 2. The highest BCUT2D eigenvalue weighted by Gasteiger charge is 2.22. The van der Waals surface area contributed by atoms with Crippen molar-refractivity contribution in [2.45, 2.75) is 0 Å². The van der Waals surface area contributed by atoms with Gasteiger partial charge >= 0.3 is 7.12 Å². The van der Waals surface area contributed by atoms with Gasteiger partial charge in [0, 0.05) is 0 Å². The van der Waals surface area contributed by atoms with Gasteiger partial charge in [0.25, 0.3) is 0 Å². The highest BCUT2D eigenvalue weighted by Crippen LogP contribution is 2.36. The van der Waals surface area contributed by atoms with E-state index in [1.54, 1.807) is 0 Å². The minimum atomic E-state index is -1.56. The zero-order valence-electron chi connectivity index (χ0n) is 15.8. The lowest BCUT2D eigenvalue weighted by Gasteiger charge is -2.17. The Morgan fingerprint density at radius 2 is 1.14 bits per heavy atom. The molecule has 2 N–H and O–H groups in total. The predicted molar refractivity (Wildman–Crippen MR) is 122 cm³/mol. The van der Waals surface area contributed by atoms with Crippen molar-refractivity contribution >= 4 is 34.1 Å². The van der Waals surface area contributed by atoms with E-state index >= 15 is 0 Å². The fraction of sp³-hybridized carbons (Fsp3) is 0. The van der Waals surface area contributed by atoms with Gasteiger partial charge in [0.2, 0.25) is 0 Å². The summed E-state index contributed by atoms with van der Waals surface area (Å²) in [7, 11) is -1.56. The molecule has 5 rings (SSSR count). The van der Waals surface area contributed by atoms with Crippen molar-refractivity contribution in [3.05, 3.63) is 103 Å². The van der Waals surface area contributed by atoms with Crippen LogP contribution in [0.1, 0.15) is 0 Å². The number of hydrogen-bond acceptors (Lipinski definition) is 2. The highest BCUT2D eigenvalue weighted by atomic mass is 16.4. The summed E-state index contributed by atoms with van der Waals surface area (Å²) >= 11 is 0. The molecule has 0 amide bonds. The molecule has 29 heavy (non-hydrogen) atoms. The first-order valence-corrected chi connectivity index (χ1v) is 9.69. The SMILES string of the molecule is OB(O)c1c2ccccc2cc2cccc(-c3ccccc3-c3ccccc3)c12. The average Bonchev–Trinajstić information content (AvgIpc) is 2.77. The van der Waals surface area contributed by atoms with Crippen LogP contribution in [-0.4, -0.2) is 17.2 Å². The van der Waals surface area contributed by atoms with E-state index in [0.29, 0.717) is 5.46 Å². The number of benzene rings is 5. The second kappa shape index (κ2) is 7.21. The van der Waals surface area contributed by atoms with Crippen LogP contribution in [0, 0.1) is 0 Å². The van der Waals surface area contributed by atoms with Crippen LogP contribution in [0.5, 0.6) is 0 Å².